The first-order chi connectivity index (χ1) is 23.1. The molecule has 6 rings (SSSR count). The zero-order valence-corrected chi connectivity index (χ0v) is 35.5. The third kappa shape index (κ3) is 13.1. The van der Waals surface area contributed by atoms with E-state index in [4.69, 9.17) is 39.8 Å². The molecule has 0 N–H and O–H groups in total. The van der Waals surface area contributed by atoms with E-state index in [2.05, 4.69) is 184 Å². The second-order valence-electron chi connectivity index (χ2n) is 9.64. The molecule has 6 aromatic rings. The predicted octanol–water partition coefficient (Wildman–Crippen LogP) is 7.04. The summed E-state index contributed by atoms with van der Waals surface area (Å²) >= 11 is -4.56. The molecule has 0 bridgehead atoms. The van der Waals surface area contributed by atoms with Gasteiger partial charge in [-0.3, -0.25) is 0 Å². The molecule has 240 valence electrons. The Morgan fingerprint density at radius 1 is 0.383 bits per heavy atom. The molecule has 0 spiro atoms. The largest absolute Gasteiger partial charge is 0.577 e. The normalized spacial score (nSPS) is 9.66. The summed E-state index contributed by atoms with van der Waals surface area (Å²) in [6.45, 7) is 4.47. The van der Waals surface area contributed by atoms with Crippen molar-refractivity contribution >= 4 is 80.3 Å². The number of halogens is 2. The summed E-state index contributed by atoms with van der Waals surface area (Å²) in [4.78, 5) is 14.5. The van der Waals surface area contributed by atoms with Gasteiger partial charge in [-0.2, -0.15) is 0 Å². The predicted molar refractivity (Wildman–Crippen MR) is 203 cm³/mol. The van der Waals surface area contributed by atoms with Gasteiger partial charge in [0.2, 0.25) is 0 Å². The summed E-state index contributed by atoms with van der Waals surface area (Å²) in [6.07, 6.45) is 0. The Labute approximate surface area is 309 Å². The van der Waals surface area contributed by atoms with E-state index in [1.807, 2.05) is 0 Å². The summed E-state index contributed by atoms with van der Waals surface area (Å²) in [5, 5.41) is 0. The van der Waals surface area contributed by atoms with Gasteiger partial charge in [0.25, 0.3) is 0 Å². The van der Waals surface area contributed by atoms with Crippen LogP contribution in [-0.2, 0) is 16.5 Å². The molecule has 0 amide bonds. The van der Waals surface area contributed by atoms with Gasteiger partial charge in [0.05, 0.1) is 0 Å². The van der Waals surface area contributed by atoms with Gasteiger partial charge in [0.15, 0.2) is 0 Å². The van der Waals surface area contributed by atoms with Gasteiger partial charge in [0, 0.05) is 0 Å². The zero-order chi connectivity index (χ0) is 34.3. The molecular weight excluding hydrogens is 1010 g/mol. The standard InChI is InChI=1S/2C7H7.4C6H5.2ClH.2NO.2Sb.W/c2*1-7-5-3-2-4-6-7;4*1-2-4-6-5-3-1;;;2*1-2;;;/h2*2-5H,1H3;4*1-5H;2*1H;;;;;/q;;;;;;;;2*-1;;;+2/p-2. The molecule has 0 aliphatic heterocycles. The van der Waals surface area contributed by atoms with Crippen LogP contribution in [0.2, 0.25) is 0 Å². The third-order valence-electron chi connectivity index (χ3n) is 6.77. The third-order valence-corrected chi connectivity index (χ3v) is 21.7. The molecule has 0 saturated carbocycles. The number of aryl methyl sites for hydroxylation is 2. The van der Waals surface area contributed by atoms with E-state index in [0.717, 1.165) is 0 Å². The Kier molecular flexibility index (Phi) is 21.2. The van der Waals surface area contributed by atoms with Crippen LogP contribution in [0.4, 0.5) is 0 Å². The Bertz CT molecular complexity index is 1490. The molecule has 0 atom stereocenters. The minimum absolute atomic E-state index is 0.806. The fourth-order valence-electron chi connectivity index (χ4n) is 4.79. The number of hydrogen-bond donors (Lipinski definition) is 0. The number of nitrogens with zero attached hydrogens (tertiary/aromatic N) is 2. The van der Waals surface area contributed by atoms with E-state index in [9.17, 15) is 0 Å². The minimum Gasteiger partial charge on any atom is -0.577 e. The van der Waals surface area contributed by atoms with Gasteiger partial charge in [-0.05, 0) is 0 Å². The fraction of sp³-hybridized carbons (Fsp3) is 0.0526. The van der Waals surface area contributed by atoms with Crippen molar-refractivity contribution in [1.29, 1.82) is 0 Å². The molecule has 0 saturated heterocycles. The van der Waals surface area contributed by atoms with Crippen LogP contribution in [0.3, 0.4) is 0 Å². The number of rotatable bonds is 6. The fourth-order valence-corrected chi connectivity index (χ4v) is 18.8. The van der Waals surface area contributed by atoms with E-state index in [0.29, 0.717) is 0 Å². The molecule has 4 nitrogen and oxygen atoms in total. The molecule has 0 fully saturated rings. The van der Waals surface area contributed by atoms with Crippen molar-refractivity contribution < 1.29 is 16.5 Å². The first kappa shape index (κ1) is 40.6. The van der Waals surface area contributed by atoms with Crippen molar-refractivity contribution in [3.8, 4) is 0 Å². The maximum atomic E-state index is 7.25. The number of nitroso groups, excluding NO2 is 2. The molecule has 0 aromatic heterocycles. The molecule has 0 aliphatic rings. The van der Waals surface area contributed by atoms with Crippen molar-refractivity contribution in [2.75, 3.05) is 0 Å². The summed E-state index contributed by atoms with van der Waals surface area (Å²) in [5.74, 6) is 0. The van der Waals surface area contributed by atoms with Gasteiger partial charge in [-0.15, -0.1) is 0 Å². The van der Waals surface area contributed by atoms with Crippen molar-refractivity contribution in [3.63, 3.8) is 0 Å². The van der Waals surface area contributed by atoms with Crippen LogP contribution in [-0.4, -0.2) is 40.4 Å². The summed E-state index contributed by atoms with van der Waals surface area (Å²) in [6, 6.07) is 61.8. The van der Waals surface area contributed by atoms with E-state index in [1.54, 1.807) is 7.02 Å². The van der Waals surface area contributed by atoms with E-state index in [1.165, 1.54) is 25.2 Å². The van der Waals surface area contributed by atoms with Crippen molar-refractivity contribution in [1.82, 2.24) is 0 Å². The SMILES string of the molecule is Cc1cccc[c]1[Sb]([c]1ccccc1)[c]1ccccc1.Cc1cccc[c]1[Sb]([c]1ccccc1)[c]1ccccc1.[Cl][W][Cl].[N-]=O.[N-]=O. The maximum Gasteiger partial charge on any atom is -0.423 e. The average molecular weight is 1050 g/mol. The topological polar surface area (TPSA) is 78.7 Å². The first-order valence-corrected chi connectivity index (χ1v) is 29.2. The molecule has 0 aliphatic carbocycles. The average Bonchev–Trinajstić information content (AvgIpc) is 3.14. The monoisotopic (exact) mass is 1050 g/mol. The van der Waals surface area contributed by atoms with Crippen molar-refractivity contribution in [2.24, 2.45) is 0 Å². The van der Waals surface area contributed by atoms with Crippen LogP contribution >= 0.6 is 18.8 Å². The van der Waals surface area contributed by atoms with Gasteiger partial charge >= 0.3 is 292 Å². The molecule has 0 unspecified atom stereocenters. The Hall–Kier alpha value is -2.58. The first-order valence-electron chi connectivity index (χ1n) is 14.3. The number of benzene rings is 6. The van der Waals surface area contributed by atoms with Crippen LogP contribution in [0.5, 0.6) is 0 Å². The van der Waals surface area contributed by atoms with E-state index in [-0.39, 0.29) is 0 Å². The van der Waals surface area contributed by atoms with Crippen LogP contribution in [0, 0.1) is 23.7 Å². The zero-order valence-electron chi connectivity index (χ0n) is 25.9. The second-order valence-corrected chi connectivity index (χ2v) is 26.4. The molecule has 0 radical (unpaired) electrons. The molecular formula is C38H34Cl2N2O2Sb2W-2. The summed E-state index contributed by atoms with van der Waals surface area (Å²) in [7, 11) is 9.86. The van der Waals surface area contributed by atoms with Crippen LogP contribution in [0.25, 0.3) is 11.2 Å². The Balaban J connectivity index is 0.000000275. The molecule has 9 heteroatoms. The van der Waals surface area contributed by atoms with Gasteiger partial charge in [-0.1, -0.05) is 0 Å². The van der Waals surface area contributed by atoms with Gasteiger partial charge in [0.1, 0.15) is 0 Å². The Morgan fingerprint density at radius 2 is 0.574 bits per heavy atom. The summed E-state index contributed by atoms with van der Waals surface area (Å²) in [5.41, 5.74) is 14.3. The second kappa shape index (κ2) is 24.5. The molecule has 6 aromatic carbocycles. The smallest absolute Gasteiger partial charge is 0.423 e. The van der Waals surface area contributed by atoms with Crippen molar-refractivity contribution in [3.05, 3.63) is 202 Å². The van der Waals surface area contributed by atoms with Crippen LogP contribution < -0.4 is 21.1 Å². The van der Waals surface area contributed by atoms with Crippen LogP contribution in [0.1, 0.15) is 11.1 Å². The number of hydrogen-bond acceptors (Lipinski definition) is 2. The Morgan fingerprint density at radius 3 is 0.787 bits per heavy atom. The molecule has 47 heavy (non-hydrogen) atoms. The summed E-state index contributed by atoms with van der Waals surface area (Å²) < 4.78 is 9.22. The van der Waals surface area contributed by atoms with Crippen LogP contribution in [0.15, 0.2) is 170 Å². The quantitative estimate of drug-likeness (QED) is 0.168. The van der Waals surface area contributed by atoms with E-state index >= 15 is 0 Å². The maximum absolute atomic E-state index is 7.25. The van der Waals surface area contributed by atoms with Crippen molar-refractivity contribution in [2.45, 2.75) is 13.8 Å². The molecule has 0 heterocycles. The minimum atomic E-state index is -1.88. The van der Waals surface area contributed by atoms with Gasteiger partial charge < -0.3 is 21.0 Å². The van der Waals surface area contributed by atoms with Gasteiger partial charge in [-0.25, -0.2) is 0 Å². The van der Waals surface area contributed by atoms with E-state index < -0.39 is 56.9 Å².